The van der Waals surface area contributed by atoms with Crippen LogP contribution in [0, 0.1) is 0 Å². The number of nitrogens with one attached hydrogen (secondary N) is 1. The monoisotopic (exact) mass is 341 g/mol. The number of amides is 1. The van der Waals surface area contributed by atoms with Gasteiger partial charge in [-0.1, -0.05) is 42.5 Å². The zero-order valence-electron chi connectivity index (χ0n) is 13.8. The Bertz CT molecular complexity index is 803. The van der Waals surface area contributed by atoms with Gasteiger partial charge in [0.05, 0.1) is 0 Å². The van der Waals surface area contributed by atoms with Crippen molar-refractivity contribution in [2.24, 2.45) is 0 Å². The second-order valence-corrected chi connectivity index (χ2v) is 6.29. The molecule has 4 nitrogen and oxygen atoms in total. The number of halogens is 1. The molecule has 2 aromatic rings. The molecule has 3 rings (SSSR count). The van der Waals surface area contributed by atoms with Crippen LogP contribution in [0.3, 0.4) is 0 Å². The van der Waals surface area contributed by atoms with E-state index in [0.717, 1.165) is 18.4 Å². The van der Waals surface area contributed by atoms with Gasteiger partial charge < -0.3 is 10.4 Å². The van der Waals surface area contributed by atoms with E-state index in [4.69, 9.17) is 5.11 Å². The normalized spacial score (nSPS) is 13.0. The van der Waals surface area contributed by atoms with E-state index in [1.807, 2.05) is 12.1 Å². The minimum absolute atomic E-state index is 0.178. The van der Waals surface area contributed by atoms with E-state index in [2.05, 4.69) is 35.6 Å². The molecular formula is C20H20FNO3. The Morgan fingerprint density at radius 2 is 1.88 bits per heavy atom. The van der Waals surface area contributed by atoms with Crippen molar-refractivity contribution in [1.29, 1.82) is 0 Å². The highest BCUT2D eigenvalue weighted by atomic mass is 19.1. The molecule has 0 bridgehead atoms. The zero-order valence-corrected chi connectivity index (χ0v) is 13.8. The fraction of sp³-hybridized carbons (Fsp3) is 0.300. The lowest BCUT2D eigenvalue weighted by atomic mass is 10.00. The number of hydrogen-bond acceptors (Lipinski definition) is 2. The van der Waals surface area contributed by atoms with Crippen molar-refractivity contribution in [3.05, 3.63) is 59.2 Å². The quantitative estimate of drug-likeness (QED) is 0.694. The summed E-state index contributed by atoms with van der Waals surface area (Å²) in [4.78, 5) is 22.4. The Morgan fingerprint density at radius 1 is 1.12 bits per heavy atom. The number of aliphatic carboxylic acids is 1. The number of benzene rings is 2. The second kappa shape index (κ2) is 7.47. The molecule has 0 aromatic heterocycles. The molecule has 1 amide bonds. The number of hydrogen-bond donors (Lipinski definition) is 2. The van der Waals surface area contributed by atoms with Gasteiger partial charge in [0.1, 0.15) is 6.67 Å². The van der Waals surface area contributed by atoms with Crippen molar-refractivity contribution >= 4 is 11.9 Å². The van der Waals surface area contributed by atoms with Gasteiger partial charge in [0, 0.05) is 6.42 Å². The van der Waals surface area contributed by atoms with Gasteiger partial charge in [-0.25, -0.2) is 9.18 Å². The highest BCUT2D eigenvalue weighted by molar-refractivity contribution is 5.83. The van der Waals surface area contributed by atoms with Crippen LogP contribution in [0.4, 0.5) is 4.39 Å². The Hall–Kier alpha value is -2.69. The lowest BCUT2D eigenvalue weighted by molar-refractivity contribution is -0.142. The summed E-state index contributed by atoms with van der Waals surface area (Å²) in [6, 6.07) is 13.3. The lowest BCUT2D eigenvalue weighted by Gasteiger charge is -2.11. The van der Waals surface area contributed by atoms with E-state index in [1.54, 1.807) is 0 Å². The highest BCUT2D eigenvalue weighted by Crippen LogP contribution is 2.36. The third-order valence-corrected chi connectivity index (χ3v) is 4.52. The Morgan fingerprint density at radius 3 is 2.64 bits per heavy atom. The molecule has 1 atom stereocenters. The molecule has 0 heterocycles. The van der Waals surface area contributed by atoms with Gasteiger partial charge in [-0.3, -0.25) is 4.79 Å². The van der Waals surface area contributed by atoms with E-state index < -0.39 is 24.6 Å². The van der Waals surface area contributed by atoms with Crippen molar-refractivity contribution in [3.8, 4) is 11.1 Å². The van der Waals surface area contributed by atoms with E-state index >= 15 is 0 Å². The summed E-state index contributed by atoms with van der Waals surface area (Å²) < 4.78 is 12.5. The molecule has 0 saturated carbocycles. The fourth-order valence-electron chi connectivity index (χ4n) is 3.21. The van der Waals surface area contributed by atoms with E-state index in [-0.39, 0.29) is 6.42 Å². The van der Waals surface area contributed by atoms with Gasteiger partial charge >= 0.3 is 5.97 Å². The van der Waals surface area contributed by atoms with Crippen LogP contribution in [0.5, 0.6) is 0 Å². The smallest absolute Gasteiger partial charge is 0.328 e. The summed E-state index contributed by atoms with van der Waals surface area (Å²) in [7, 11) is 0. The first-order valence-electron chi connectivity index (χ1n) is 8.36. The van der Waals surface area contributed by atoms with Crippen molar-refractivity contribution in [2.75, 3.05) is 6.67 Å². The maximum Gasteiger partial charge on any atom is 0.328 e. The third kappa shape index (κ3) is 3.87. The first kappa shape index (κ1) is 17.1. The molecule has 0 aliphatic heterocycles. The summed E-state index contributed by atoms with van der Waals surface area (Å²) in [6.07, 6.45) is 2.44. The average molecular weight is 341 g/mol. The number of aryl methyl sites for hydroxylation is 1. The number of carboxylic acids is 1. The number of carbonyl (C=O) groups is 2. The van der Waals surface area contributed by atoms with Crippen LogP contribution in [0.1, 0.15) is 29.5 Å². The maximum absolute atomic E-state index is 12.5. The molecule has 130 valence electrons. The molecule has 0 spiro atoms. The van der Waals surface area contributed by atoms with Crippen LogP contribution in [-0.2, 0) is 22.4 Å². The Labute approximate surface area is 145 Å². The first-order chi connectivity index (χ1) is 12.1. The molecule has 0 radical (unpaired) electrons. The van der Waals surface area contributed by atoms with Crippen LogP contribution in [-0.4, -0.2) is 29.7 Å². The summed E-state index contributed by atoms with van der Waals surface area (Å²) in [6.45, 7) is -1.11. The van der Waals surface area contributed by atoms with Crippen molar-refractivity contribution in [3.63, 3.8) is 0 Å². The molecule has 0 saturated heterocycles. The molecule has 25 heavy (non-hydrogen) atoms. The van der Waals surface area contributed by atoms with Crippen LogP contribution >= 0.6 is 0 Å². The van der Waals surface area contributed by atoms with Gasteiger partial charge in [0.15, 0.2) is 6.04 Å². The highest BCUT2D eigenvalue weighted by Gasteiger charge is 2.20. The molecule has 1 aliphatic rings. The third-order valence-electron chi connectivity index (χ3n) is 4.52. The minimum atomic E-state index is -1.45. The van der Waals surface area contributed by atoms with Gasteiger partial charge in [-0.05, 0) is 47.1 Å². The second-order valence-electron chi connectivity index (χ2n) is 6.29. The predicted octanol–water partition coefficient (Wildman–Crippen LogP) is 3.12. The molecule has 1 unspecified atom stereocenters. The van der Waals surface area contributed by atoms with Crippen LogP contribution in [0.2, 0.25) is 0 Å². The lowest BCUT2D eigenvalue weighted by Crippen LogP contribution is -2.42. The van der Waals surface area contributed by atoms with Crippen LogP contribution < -0.4 is 5.32 Å². The molecule has 2 N–H and O–H groups in total. The maximum atomic E-state index is 12.5. The Kier molecular flexibility index (Phi) is 5.12. The topological polar surface area (TPSA) is 66.4 Å². The van der Waals surface area contributed by atoms with Gasteiger partial charge in [-0.2, -0.15) is 0 Å². The number of fused-ring (bicyclic) bond motifs is 3. The number of rotatable bonds is 7. The predicted molar refractivity (Wildman–Crippen MR) is 93.2 cm³/mol. The Balaban J connectivity index is 1.57. The zero-order chi connectivity index (χ0) is 17.8. The van der Waals surface area contributed by atoms with E-state index in [0.29, 0.717) is 6.42 Å². The largest absolute Gasteiger partial charge is 0.480 e. The van der Waals surface area contributed by atoms with Crippen molar-refractivity contribution in [2.45, 2.75) is 31.7 Å². The standard InChI is InChI=1S/C20H20FNO3/c21-12-18(20(24)25)22-19(23)7-3-4-13-8-9-15-11-14-5-1-2-6-16(14)17(15)10-13/h1-2,5-6,8-10,18H,3-4,7,11-12H2,(H,22,23)(H,24,25). The van der Waals surface area contributed by atoms with Crippen molar-refractivity contribution < 1.29 is 19.1 Å². The molecule has 1 aliphatic carbocycles. The SMILES string of the molecule is O=C(CCCc1ccc2c(c1)-c1ccccc1C2)NC(CF)C(=O)O. The van der Waals surface area contributed by atoms with Gasteiger partial charge in [0.2, 0.25) is 5.91 Å². The summed E-state index contributed by atoms with van der Waals surface area (Å²) in [5, 5.41) is 10.9. The molecular weight excluding hydrogens is 321 g/mol. The summed E-state index contributed by atoms with van der Waals surface area (Å²) in [5.74, 6) is -1.79. The van der Waals surface area contributed by atoms with Crippen molar-refractivity contribution in [1.82, 2.24) is 5.32 Å². The summed E-state index contributed by atoms with van der Waals surface area (Å²) in [5.41, 5.74) is 6.31. The molecule has 2 aromatic carbocycles. The fourth-order valence-corrected chi connectivity index (χ4v) is 3.21. The van der Waals surface area contributed by atoms with E-state index in [1.165, 1.54) is 22.3 Å². The number of carbonyl (C=O) groups excluding carboxylic acids is 1. The average Bonchev–Trinajstić information content (AvgIpc) is 2.97. The van der Waals surface area contributed by atoms with Crippen LogP contribution in [0.25, 0.3) is 11.1 Å². The van der Waals surface area contributed by atoms with Crippen LogP contribution in [0.15, 0.2) is 42.5 Å². The number of alkyl halides is 1. The minimum Gasteiger partial charge on any atom is -0.480 e. The van der Waals surface area contributed by atoms with Gasteiger partial charge in [0.25, 0.3) is 0 Å². The van der Waals surface area contributed by atoms with E-state index in [9.17, 15) is 14.0 Å². The molecule has 0 fully saturated rings. The number of carboxylic acid groups (broad SMARTS) is 1. The van der Waals surface area contributed by atoms with Gasteiger partial charge in [-0.15, -0.1) is 0 Å². The first-order valence-corrected chi connectivity index (χ1v) is 8.36. The molecule has 5 heteroatoms. The summed E-state index contributed by atoms with van der Waals surface area (Å²) >= 11 is 0.